The first kappa shape index (κ1) is 10.7. The zero-order chi connectivity index (χ0) is 10.6. The summed E-state index contributed by atoms with van der Waals surface area (Å²) < 4.78 is 0. The number of aromatic nitrogens is 2. The van der Waals surface area contributed by atoms with Crippen LogP contribution in [0.4, 0.5) is 5.82 Å². The number of nitrogens with one attached hydrogen (secondary N) is 1. The maximum absolute atomic E-state index is 11.3. The van der Waals surface area contributed by atoms with E-state index in [1.807, 2.05) is 18.9 Å². The summed E-state index contributed by atoms with van der Waals surface area (Å²) in [7, 11) is 1.83. The lowest BCUT2D eigenvalue weighted by atomic mass is 10.2. The van der Waals surface area contributed by atoms with Crippen LogP contribution >= 0.6 is 0 Å². The Hall–Kier alpha value is -1.36. The molecule has 0 radical (unpaired) electrons. The molecule has 1 aromatic rings. The fraction of sp³-hybridized carbons (Fsp3) is 0.556. The fourth-order valence-electron chi connectivity index (χ4n) is 1.12. The van der Waals surface area contributed by atoms with Crippen molar-refractivity contribution in [3.05, 3.63) is 22.7 Å². The largest absolute Gasteiger partial charge is 0.355 e. The summed E-state index contributed by atoms with van der Waals surface area (Å²) in [6, 6.07) is 0.139. The highest BCUT2D eigenvalue weighted by atomic mass is 16.1. The monoisotopic (exact) mass is 196 g/mol. The molecule has 0 fully saturated rings. The van der Waals surface area contributed by atoms with Gasteiger partial charge < -0.3 is 15.6 Å². The summed E-state index contributed by atoms with van der Waals surface area (Å²) in [5, 5.41) is 0. The van der Waals surface area contributed by atoms with Gasteiger partial charge in [0.2, 0.25) is 0 Å². The molecule has 0 bridgehead atoms. The van der Waals surface area contributed by atoms with E-state index in [1.54, 1.807) is 6.20 Å². The van der Waals surface area contributed by atoms with Crippen LogP contribution in [0, 0.1) is 0 Å². The topological polar surface area (TPSA) is 75.0 Å². The van der Waals surface area contributed by atoms with E-state index in [4.69, 9.17) is 5.73 Å². The number of anilines is 1. The number of rotatable bonds is 4. The number of nitrogens with two attached hydrogens (primary N) is 1. The van der Waals surface area contributed by atoms with E-state index in [0.29, 0.717) is 5.82 Å². The van der Waals surface area contributed by atoms with E-state index in [2.05, 4.69) is 9.97 Å². The van der Waals surface area contributed by atoms with Gasteiger partial charge in [0.1, 0.15) is 0 Å². The lowest BCUT2D eigenvalue weighted by molar-refractivity contribution is 0.655. The number of nitrogens with zero attached hydrogens (tertiary/aromatic N) is 2. The molecule has 0 aliphatic carbocycles. The van der Waals surface area contributed by atoms with E-state index in [0.717, 1.165) is 13.0 Å². The van der Waals surface area contributed by atoms with E-state index >= 15 is 0 Å². The Kier molecular flexibility index (Phi) is 3.64. The Balaban J connectivity index is 2.65. The van der Waals surface area contributed by atoms with E-state index in [9.17, 15) is 4.79 Å². The minimum absolute atomic E-state index is 0.139. The molecule has 0 spiro atoms. The van der Waals surface area contributed by atoms with Crippen LogP contribution in [0.1, 0.15) is 13.3 Å². The summed E-state index contributed by atoms with van der Waals surface area (Å²) in [5.41, 5.74) is 5.46. The second-order valence-corrected chi connectivity index (χ2v) is 3.43. The van der Waals surface area contributed by atoms with Crippen molar-refractivity contribution < 1.29 is 0 Å². The molecular weight excluding hydrogens is 180 g/mol. The van der Waals surface area contributed by atoms with Crippen LogP contribution in [0.15, 0.2) is 17.2 Å². The maximum atomic E-state index is 11.3. The summed E-state index contributed by atoms with van der Waals surface area (Å²) >= 11 is 0. The molecule has 1 rings (SSSR count). The summed E-state index contributed by atoms with van der Waals surface area (Å²) in [4.78, 5) is 19.7. The average Bonchev–Trinajstić information content (AvgIpc) is 2.15. The Labute approximate surface area is 83.0 Å². The van der Waals surface area contributed by atoms with Crippen LogP contribution in [0.3, 0.4) is 0 Å². The van der Waals surface area contributed by atoms with Gasteiger partial charge in [-0.3, -0.25) is 4.79 Å². The molecule has 0 amide bonds. The molecule has 78 valence electrons. The van der Waals surface area contributed by atoms with Gasteiger partial charge in [0.15, 0.2) is 5.82 Å². The third kappa shape index (κ3) is 2.85. The minimum atomic E-state index is -0.167. The third-order valence-corrected chi connectivity index (χ3v) is 1.97. The number of H-pyrrole nitrogens is 1. The van der Waals surface area contributed by atoms with Gasteiger partial charge in [0.25, 0.3) is 5.56 Å². The second-order valence-electron chi connectivity index (χ2n) is 3.43. The minimum Gasteiger partial charge on any atom is -0.355 e. The third-order valence-electron chi connectivity index (χ3n) is 1.97. The van der Waals surface area contributed by atoms with Crippen molar-refractivity contribution in [2.24, 2.45) is 5.73 Å². The van der Waals surface area contributed by atoms with Gasteiger partial charge in [0.05, 0.1) is 0 Å². The predicted molar refractivity (Wildman–Crippen MR) is 56.4 cm³/mol. The Morgan fingerprint density at radius 2 is 2.43 bits per heavy atom. The molecule has 1 atom stereocenters. The van der Waals surface area contributed by atoms with Crippen molar-refractivity contribution in [2.45, 2.75) is 19.4 Å². The van der Waals surface area contributed by atoms with E-state index in [-0.39, 0.29) is 11.6 Å². The van der Waals surface area contributed by atoms with E-state index < -0.39 is 0 Å². The van der Waals surface area contributed by atoms with Crippen molar-refractivity contribution in [3.63, 3.8) is 0 Å². The van der Waals surface area contributed by atoms with Gasteiger partial charge in [0, 0.05) is 32.0 Å². The molecule has 5 nitrogen and oxygen atoms in total. The summed E-state index contributed by atoms with van der Waals surface area (Å²) in [6.07, 6.45) is 3.93. The molecule has 14 heavy (non-hydrogen) atoms. The number of hydrogen-bond acceptors (Lipinski definition) is 4. The van der Waals surface area contributed by atoms with Crippen molar-refractivity contribution >= 4 is 5.82 Å². The van der Waals surface area contributed by atoms with Crippen LogP contribution in [0.25, 0.3) is 0 Å². The molecule has 0 aromatic carbocycles. The maximum Gasteiger partial charge on any atom is 0.290 e. The summed E-state index contributed by atoms with van der Waals surface area (Å²) in [6.45, 7) is 2.67. The standard InChI is InChI=1S/C9H16N4O/c1-7(10)3-6-13(2)8-9(14)12-5-4-11-8/h4-5,7H,3,6,10H2,1-2H3,(H,12,14). The zero-order valence-electron chi connectivity index (χ0n) is 8.53. The quantitative estimate of drug-likeness (QED) is 0.707. The summed E-state index contributed by atoms with van der Waals surface area (Å²) in [5.74, 6) is 0.438. The molecule has 0 saturated carbocycles. The van der Waals surface area contributed by atoms with Gasteiger partial charge in [-0.05, 0) is 13.3 Å². The van der Waals surface area contributed by atoms with Gasteiger partial charge in [-0.2, -0.15) is 0 Å². The van der Waals surface area contributed by atoms with E-state index in [1.165, 1.54) is 6.20 Å². The number of hydrogen-bond donors (Lipinski definition) is 2. The first-order valence-corrected chi connectivity index (χ1v) is 4.61. The van der Waals surface area contributed by atoms with Crippen LogP contribution < -0.4 is 16.2 Å². The molecule has 1 aromatic heterocycles. The predicted octanol–water partition coefficient (Wildman–Crippen LogP) is -0.0566. The van der Waals surface area contributed by atoms with Crippen molar-refractivity contribution in [2.75, 3.05) is 18.5 Å². The second kappa shape index (κ2) is 4.76. The molecule has 0 saturated heterocycles. The van der Waals surface area contributed by atoms with Crippen molar-refractivity contribution in [1.82, 2.24) is 9.97 Å². The Morgan fingerprint density at radius 3 is 3.00 bits per heavy atom. The van der Waals surface area contributed by atoms with Crippen LogP contribution in [0.5, 0.6) is 0 Å². The zero-order valence-corrected chi connectivity index (χ0v) is 8.53. The van der Waals surface area contributed by atoms with Crippen molar-refractivity contribution in [3.8, 4) is 0 Å². The lowest BCUT2D eigenvalue weighted by Gasteiger charge is -2.17. The molecule has 5 heteroatoms. The highest BCUT2D eigenvalue weighted by molar-refractivity contribution is 5.33. The molecule has 1 heterocycles. The van der Waals surface area contributed by atoms with Gasteiger partial charge in [-0.1, -0.05) is 0 Å². The Bertz CT molecular complexity index is 334. The molecule has 0 aliphatic rings. The number of aromatic amines is 1. The highest BCUT2D eigenvalue weighted by Gasteiger charge is 2.06. The molecule has 0 aliphatic heterocycles. The normalized spacial score (nSPS) is 12.5. The highest BCUT2D eigenvalue weighted by Crippen LogP contribution is 2.00. The van der Waals surface area contributed by atoms with Gasteiger partial charge in [-0.25, -0.2) is 4.98 Å². The first-order chi connectivity index (χ1) is 6.61. The van der Waals surface area contributed by atoms with Crippen LogP contribution in [0.2, 0.25) is 0 Å². The Morgan fingerprint density at radius 1 is 1.71 bits per heavy atom. The van der Waals surface area contributed by atoms with Crippen LogP contribution in [-0.2, 0) is 0 Å². The lowest BCUT2D eigenvalue weighted by Crippen LogP contribution is -2.30. The molecular formula is C9H16N4O. The van der Waals surface area contributed by atoms with Gasteiger partial charge >= 0.3 is 0 Å². The average molecular weight is 196 g/mol. The first-order valence-electron chi connectivity index (χ1n) is 4.61. The van der Waals surface area contributed by atoms with Crippen LogP contribution in [-0.4, -0.2) is 29.6 Å². The van der Waals surface area contributed by atoms with Crippen molar-refractivity contribution in [1.29, 1.82) is 0 Å². The van der Waals surface area contributed by atoms with Gasteiger partial charge in [-0.15, -0.1) is 0 Å². The SMILES string of the molecule is CC(N)CCN(C)c1ncc[nH]c1=O. The molecule has 3 N–H and O–H groups in total. The molecule has 1 unspecified atom stereocenters. The smallest absolute Gasteiger partial charge is 0.290 e. The fourth-order valence-corrected chi connectivity index (χ4v) is 1.12.